The Bertz CT molecular complexity index is 1110. The molecule has 3 aliphatic rings. The van der Waals surface area contributed by atoms with Crippen molar-refractivity contribution in [1.29, 1.82) is 0 Å². The molecule has 1 N–H and O–H groups in total. The minimum Gasteiger partial charge on any atom is -0.476 e. The summed E-state index contributed by atoms with van der Waals surface area (Å²) in [6.45, 7) is 3.85. The first-order valence-corrected chi connectivity index (χ1v) is 11.3. The Morgan fingerprint density at radius 2 is 2.03 bits per heavy atom. The summed E-state index contributed by atoms with van der Waals surface area (Å²) in [7, 11) is 0. The van der Waals surface area contributed by atoms with Crippen LogP contribution in [0.25, 0.3) is 10.6 Å². The number of hydrogen-bond acceptors (Lipinski definition) is 7. The number of aromatic nitrogens is 3. The van der Waals surface area contributed by atoms with Gasteiger partial charge in [0.2, 0.25) is 5.88 Å². The quantitative estimate of drug-likeness (QED) is 0.606. The van der Waals surface area contributed by atoms with Crippen LogP contribution in [0.1, 0.15) is 23.3 Å². The number of halogens is 2. The van der Waals surface area contributed by atoms with Crippen molar-refractivity contribution in [3.63, 3.8) is 0 Å². The lowest BCUT2D eigenvalue weighted by molar-refractivity contribution is 0.0249. The van der Waals surface area contributed by atoms with Crippen molar-refractivity contribution in [1.82, 2.24) is 19.9 Å². The maximum absolute atomic E-state index is 14.0. The number of hydrogen-bond donors (Lipinski definition) is 1. The molecule has 1 unspecified atom stereocenters. The molecule has 1 atom stereocenters. The van der Waals surface area contributed by atoms with E-state index >= 15 is 0 Å². The van der Waals surface area contributed by atoms with Crippen LogP contribution in [0, 0.1) is 23.5 Å². The number of nitrogens with one attached hydrogen (secondary N) is 1. The molecule has 0 aliphatic carbocycles. The maximum atomic E-state index is 14.0. The van der Waals surface area contributed by atoms with Gasteiger partial charge in [-0.25, -0.2) is 18.7 Å². The lowest BCUT2D eigenvalue weighted by Gasteiger charge is -2.44. The second kappa shape index (κ2) is 8.87. The predicted molar refractivity (Wildman–Crippen MR) is 116 cm³/mol. The van der Waals surface area contributed by atoms with Crippen molar-refractivity contribution in [3.05, 3.63) is 53.4 Å². The van der Waals surface area contributed by atoms with Gasteiger partial charge in [-0.15, -0.1) is 11.3 Å². The van der Waals surface area contributed by atoms with E-state index in [1.54, 1.807) is 0 Å². The van der Waals surface area contributed by atoms with Crippen LogP contribution in [0.5, 0.6) is 5.88 Å². The van der Waals surface area contributed by atoms with E-state index in [1.807, 2.05) is 0 Å². The average molecular weight is 458 g/mol. The van der Waals surface area contributed by atoms with Crippen molar-refractivity contribution >= 4 is 22.9 Å². The van der Waals surface area contributed by atoms with E-state index in [2.05, 4.69) is 25.2 Å². The smallest absolute Gasteiger partial charge is 0.275 e. The van der Waals surface area contributed by atoms with Crippen LogP contribution in [0.4, 0.5) is 14.5 Å². The molecule has 0 spiro atoms. The van der Waals surface area contributed by atoms with E-state index in [0.29, 0.717) is 30.0 Å². The van der Waals surface area contributed by atoms with Gasteiger partial charge in [0.15, 0.2) is 0 Å². The zero-order valence-electron chi connectivity index (χ0n) is 17.1. The van der Waals surface area contributed by atoms with Gasteiger partial charge < -0.3 is 15.0 Å². The highest BCUT2D eigenvalue weighted by Gasteiger charge is 2.34. The van der Waals surface area contributed by atoms with Crippen molar-refractivity contribution in [2.24, 2.45) is 11.8 Å². The largest absolute Gasteiger partial charge is 0.476 e. The fourth-order valence-corrected chi connectivity index (χ4v) is 5.21. The van der Waals surface area contributed by atoms with Gasteiger partial charge in [-0.3, -0.25) is 4.79 Å². The number of anilines is 1. The number of nitrogens with zero attached hydrogens (tertiary/aromatic N) is 4. The van der Waals surface area contributed by atoms with Gasteiger partial charge in [0.1, 0.15) is 34.4 Å². The van der Waals surface area contributed by atoms with Gasteiger partial charge in [-0.2, -0.15) is 4.98 Å². The number of benzene rings is 1. The minimum atomic E-state index is -0.730. The van der Waals surface area contributed by atoms with Gasteiger partial charge in [0.05, 0.1) is 18.4 Å². The molecule has 7 nitrogen and oxygen atoms in total. The molecule has 3 fully saturated rings. The molecular weight excluding hydrogens is 436 g/mol. The molecule has 5 heterocycles. The normalized spacial score (nSPS) is 22.0. The number of thiazole rings is 1. The molecule has 0 radical (unpaired) electrons. The van der Waals surface area contributed by atoms with E-state index in [4.69, 9.17) is 4.74 Å². The molecule has 3 aromatic rings. The van der Waals surface area contributed by atoms with Crippen LogP contribution in [0.3, 0.4) is 0 Å². The summed E-state index contributed by atoms with van der Waals surface area (Å²) in [5.74, 6) is -0.607. The minimum absolute atomic E-state index is 0.0415. The monoisotopic (exact) mass is 457 g/mol. The third kappa shape index (κ3) is 4.20. The Kier molecular flexibility index (Phi) is 5.79. The molecule has 1 amide bonds. The zero-order chi connectivity index (χ0) is 22.1. The molecular formula is C22H21F2N5O2S. The van der Waals surface area contributed by atoms with Crippen LogP contribution in [-0.2, 0) is 0 Å². The highest BCUT2D eigenvalue weighted by Crippen LogP contribution is 2.33. The summed E-state index contributed by atoms with van der Waals surface area (Å²) in [6.07, 6.45) is 5.20. The summed E-state index contributed by atoms with van der Waals surface area (Å²) < 4.78 is 34.0. The second-order valence-electron chi connectivity index (χ2n) is 8.04. The Morgan fingerprint density at radius 3 is 2.75 bits per heavy atom. The Morgan fingerprint density at radius 1 is 1.25 bits per heavy atom. The molecule has 0 saturated carbocycles. The Hall–Kier alpha value is -2.98. The molecule has 6 rings (SSSR count). The van der Waals surface area contributed by atoms with E-state index in [0.717, 1.165) is 43.1 Å². The summed E-state index contributed by atoms with van der Waals surface area (Å²) in [5, 5.41) is 4.24. The van der Waals surface area contributed by atoms with Crippen molar-refractivity contribution in [2.75, 3.05) is 31.6 Å². The number of ether oxygens (including phenoxy) is 1. The molecule has 2 aromatic heterocycles. The molecule has 32 heavy (non-hydrogen) atoms. The third-order valence-electron chi connectivity index (χ3n) is 6.06. The van der Waals surface area contributed by atoms with Gasteiger partial charge >= 0.3 is 0 Å². The Labute approximate surface area is 187 Å². The van der Waals surface area contributed by atoms with Crippen molar-refractivity contribution in [3.8, 4) is 16.5 Å². The fraction of sp³-hybridized carbons (Fsp3) is 0.364. The van der Waals surface area contributed by atoms with Crippen LogP contribution >= 0.6 is 11.3 Å². The third-order valence-corrected chi connectivity index (χ3v) is 6.92. The lowest BCUT2D eigenvalue weighted by atomic mass is 9.79. The van der Waals surface area contributed by atoms with E-state index < -0.39 is 17.5 Å². The zero-order valence-corrected chi connectivity index (χ0v) is 17.9. The first kappa shape index (κ1) is 20.9. The predicted octanol–water partition coefficient (Wildman–Crippen LogP) is 3.85. The molecule has 10 heteroatoms. The fourth-order valence-electron chi connectivity index (χ4n) is 4.36. The summed E-state index contributed by atoms with van der Waals surface area (Å²) in [5.41, 5.74) is 0.117. The van der Waals surface area contributed by atoms with Crippen LogP contribution in [-0.4, -0.2) is 52.0 Å². The number of carbonyl (C=O) groups excluding carboxylic acids is 1. The second-order valence-corrected chi connectivity index (χ2v) is 8.90. The van der Waals surface area contributed by atoms with Crippen molar-refractivity contribution < 1.29 is 18.3 Å². The van der Waals surface area contributed by atoms with E-state index in [1.165, 1.54) is 36.8 Å². The van der Waals surface area contributed by atoms with Gasteiger partial charge in [-0.05, 0) is 44.0 Å². The maximum Gasteiger partial charge on any atom is 0.275 e. The average Bonchev–Trinajstić information content (AvgIpc) is 3.29. The van der Waals surface area contributed by atoms with Crippen LogP contribution < -0.4 is 10.1 Å². The number of carbonyl (C=O) groups is 1. The molecule has 166 valence electrons. The lowest BCUT2D eigenvalue weighted by Crippen LogP contribution is -2.49. The Balaban J connectivity index is 1.28. The van der Waals surface area contributed by atoms with E-state index in [-0.39, 0.29) is 16.3 Å². The van der Waals surface area contributed by atoms with E-state index in [9.17, 15) is 13.6 Å². The highest BCUT2D eigenvalue weighted by atomic mass is 32.1. The topological polar surface area (TPSA) is 80.2 Å². The van der Waals surface area contributed by atoms with Crippen LogP contribution in [0.15, 0.2) is 36.1 Å². The van der Waals surface area contributed by atoms with Crippen molar-refractivity contribution in [2.45, 2.75) is 12.8 Å². The summed E-state index contributed by atoms with van der Waals surface area (Å²) in [4.78, 5) is 27.4. The first-order chi connectivity index (χ1) is 15.6. The SMILES string of the molecule is O=C(Nc1cncnc1OCC1CN2CCC1CC2)c1csc(-c2c(F)cccc2F)n1. The summed E-state index contributed by atoms with van der Waals surface area (Å²) in [6, 6.07) is 3.58. The van der Waals surface area contributed by atoms with Gasteiger partial charge in [-0.1, -0.05) is 6.07 Å². The van der Waals surface area contributed by atoms with Gasteiger partial charge in [0.25, 0.3) is 5.91 Å². The first-order valence-electron chi connectivity index (χ1n) is 10.4. The van der Waals surface area contributed by atoms with Gasteiger partial charge in [0, 0.05) is 17.8 Å². The number of piperidine rings is 3. The van der Waals surface area contributed by atoms with Crippen LogP contribution in [0.2, 0.25) is 0 Å². The standard InChI is InChI=1S/C22H21F2N5O2S/c23-15-2-1-3-16(24)19(15)22-28-18(11-32-22)20(30)27-17-8-25-12-26-21(17)31-10-14-9-29-6-4-13(14)5-7-29/h1-3,8,11-14H,4-7,9-10H2,(H,27,30). The number of fused-ring (bicyclic) bond motifs is 3. The molecule has 3 saturated heterocycles. The highest BCUT2D eigenvalue weighted by molar-refractivity contribution is 7.13. The molecule has 2 bridgehead atoms. The molecule has 1 aromatic carbocycles. The summed E-state index contributed by atoms with van der Waals surface area (Å²) >= 11 is 0.991. The molecule has 3 aliphatic heterocycles. The number of amides is 1. The number of rotatable bonds is 6.